The Bertz CT molecular complexity index is 302. The van der Waals surface area contributed by atoms with E-state index in [2.05, 4.69) is 15.3 Å². The molecule has 5 heteroatoms. The highest BCUT2D eigenvalue weighted by Gasteiger charge is 2.20. The molecule has 4 nitrogen and oxygen atoms in total. The van der Waals surface area contributed by atoms with Gasteiger partial charge >= 0.3 is 0 Å². The van der Waals surface area contributed by atoms with Crippen molar-refractivity contribution in [3.05, 3.63) is 18.3 Å². The summed E-state index contributed by atoms with van der Waals surface area (Å²) in [6.45, 7) is 3.74. The van der Waals surface area contributed by atoms with Crippen LogP contribution in [0.15, 0.2) is 12.4 Å². The van der Waals surface area contributed by atoms with E-state index in [1.165, 1.54) is 6.07 Å². The van der Waals surface area contributed by atoms with E-state index >= 15 is 0 Å². The lowest BCUT2D eigenvalue weighted by molar-refractivity contribution is 0.218. The van der Waals surface area contributed by atoms with Crippen LogP contribution in [0.5, 0.6) is 0 Å². The molecule has 0 radical (unpaired) electrons. The van der Waals surface area contributed by atoms with Gasteiger partial charge in [0.15, 0.2) is 0 Å². The van der Waals surface area contributed by atoms with Crippen LogP contribution in [0.4, 0.5) is 10.2 Å². The van der Waals surface area contributed by atoms with Gasteiger partial charge in [0, 0.05) is 6.07 Å². The largest absolute Gasteiger partial charge is 0.394 e. The number of nitrogens with one attached hydrogen (secondary N) is 1. The topological polar surface area (TPSA) is 58.0 Å². The summed E-state index contributed by atoms with van der Waals surface area (Å²) in [7, 11) is 0. The monoisotopic (exact) mass is 199 g/mol. The quantitative estimate of drug-likeness (QED) is 0.715. The molecule has 14 heavy (non-hydrogen) atoms. The maximum absolute atomic E-state index is 12.7. The second-order valence-corrected chi connectivity index (χ2v) is 3.42. The molecule has 0 spiro atoms. The summed E-state index contributed by atoms with van der Waals surface area (Å²) in [5.74, 6) is -0.199. The molecule has 0 saturated carbocycles. The summed E-state index contributed by atoms with van der Waals surface area (Å²) < 4.78 is 12.7. The Balaban J connectivity index is 2.77. The average molecular weight is 199 g/mol. The maximum atomic E-state index is 12.7. The van der Waals surface area contributed by atoms with E-state index < -0.39 is 11.5 Å². The van der Waals surface area contributed by atoms with Crippen LogP contribution in [-0.2, 0) is 0 Å². The molecule has 0 aromatic carbocycles. The van der Waals surface area contributed by atoms with Gasteiger partial charge in [-0.05, 0) is 13.3 Å². The van der Waals surface area contributed by atoms with Gasteiger partial charge in [-0.1, -0.05) is 6.92 Å². The molecule has 0 bridgehead atoms. The molecule has 2 N–H and O–H groups in total. The van der Waals surface area contributed by atoms with Crippen LogP contribution in [0.25, 0.3) is 0 Å². The van der Waals surface area contributed by atoms with Crippen molar-refractivity contribution in [2.45, 2.75) is 25.8 Å². The zero-order chi connectivity index (χ0) is 10.6. The second-order valence-electron chi connectivity index (χ2n) is 3.42. The molecular formula is C9H14FN3O. The van der Waals surface area contributed by atoms with Crippen LogP contribution >= 0.6 is 0 Å². The Morgan fingerprint density at radius 1 is 1.57 bits per heavy atom. The van der Waals surface area contributed by atoms with Crippen LogP contribution in [0.2, 0.25) is 0 Å². The number of aromatic nitrogens is 2. The molecule has 78 valence electrons. The first-order chi connectivity index (χ1) is 6.59. The average Bonchev–Trinajstić information content (AvgIpc) is 2.18. The summed E-state index contributed by atoms with van der Waals surface area (Å²) in [5.41, 5.74) is -0.471. The summed E-state index contributed by atoms with van der Waals surface area (Å²) in [6, 6.07) is 1.20. The predicted molar refractivity (Wildman–Crippen MR) is 51.4 cm³/mol. The van der Waals surface area contributed by atoms with E-state index in [0.717, 1.165) is 12.7 Å². The first kappa shape index (κ1) is 10.8. The fraction of sp³-hybridized carbons (Fsp3) is 0.556. The van der Waals surface area contributed by atoms with Crippen LogP contribution in [0.3, 0.4) is 0 Å². The third-order valence-electron chi connectivity index (χ3n) is 2.19. The minimum Gasteiger partial charge on any atom is -0.394 e. The first-order valence-corrected chi connectivity index (χ1v) is 4.46. The van der Waals surface area contributed by atoms with Gasteiger partial charge in [0.25, 0.3) is 0 Å². The smallest absolute Gasteiger partial charge is 0.217 e. The lowest BCUT2D eigenvalue weighted by atomic mass is 10.0. The fourth-order valence-electron chi connectivity index (χ4n) is 0.951. The van der Waals surface area contributed by atoms with Gasteiger partial charge in [-0.2, -0.15) is 4.39 Å². The molecule has 1 atom stereocenters. The fourth-order valence-corrected chi connectivity index (χ4v) is 0.951. The molecule has 1 aromatic heterocycles. The van der Waals surface area contributed by atoms with Gasteiger partial charge in [-0.25, -0.2) is 9.97 Å². The van der Waals surface area contributed by atoms with Crippen molar-refractivity contribution >= 4 is 5.82 Å². The minimum absolute atomic E-state index is 0.0326. The minimum atomic E-state index is -0.584. The van der Waals surface area contributed by atoms with Crippen LogP contribution in [0, 0.1) is 5.95 Å². The first-order valence-electron chi connectivity index (χ1n) is 4.46. The lowest BCUT2D eigenvalue weighted by Crippen LogP contribution is -2.38. The predicted octanol–water partition coefficient (Wildman–Crippen LogP) is 1.19. The van der Waals surface area contributed by atoms with E-state index in [0.29, 0.717) is 5.82 Å². The van der Waals surface area contributed by atoms with Crippen molar-refractivity contribution in [3.63, 3.8) is 0 Å². The molecule has 0 amide bonds. The standard InChI is InChI=1S/C9H14FN3O/c1-3-9(2,5-14)13-8-4-7(10)11-6-12-8/h4,6,14H,3,5H2,1-2H3,(H,11,12,13). The Kier molecular flexibility index (Phi) is 3.35. The van der Waals surface area contributed by atoms with Gasteiger partial charge in [0.05, 0.1) is 12.1 Å². The van der Waals surface area contributed by atoms with E-state index in [-0.39, 0.29) is 6.61 Å². The zero-order valence-electron chi connectivity index (χ0n) is 8.29. The van der Waals surface area contributed by atoms with E-state index in [4.69, 9.17) is 5.11 Å². The molecular weight excluding hydrogens is 185 g/mol. The third kappa shape index (κ3) is 2.63. The number of anilines is 1. The Morgan fingerprint density at radius 3 is 2.79 bits per heavy atom. The highest BCUT2D eigenvalue weighted by Crippen LogP contribution is 2.15. The Morgan fingerprint density at radius 2 is 2.29 bits per heavy atom. The maximum Gasteiger partial charge on any atom is 0.217 e. The number of rotatable bonds is 4. The van der Waals surface area contributed by atoms with Gasteiger partial charge in [-0.15, -0.1) is 0 Å². The summed E-state index contributed by atoms with van der Waals surface area (Å²) >= 11 is 0. The van der Waals surface area contributed by atoms with Crippen molar-refractivity contribution in [2.75, 3.05) is 11.9 Å². The molecule has 0 fully saturated rings. The molecule has 1 aromatic rings. The number of nitrogens with zero attached hydrogens (tertiary/aromatic N) is 2. The number of hydrogen-bond donors (Lipinski definition) is 2. The van der Waals surface area contributed by atoms with E-state index in [1.807, 2.05) is 13.8 Å². The van der Waals surface area contributed by atoms with E-state index in [9.17, 15) is 4.39 Å². The zero-order valence-corrected chi connectivity index (χ0v) is 8.29. The summed E-state index contributed by atoms with van der Waals surface area (Å²) in [5, 5.41) is 12.1. The summed E-state index contributed by atoms with van der Waals surface area (Å²) in [4.78, 5) is 7.19. The van der Waals surface area contributed by atoms with Crippen LogP contribution in [0.1, 0.15) is 20.3 Å². The van der Waals surface area contributed by atoms with Crippen molar-refractivity contribution in [1.29, 1.82) is 0 Å². The molecule has 0 aliphatic heterocycles. The molecule has 0 aliphatic carbocycles. The molecule has 1 unspecified atom stereocenters. The third-order valence-corrected chi connectivity index (χ3v) is 2.19. The van der Waals surface area contributed by atoms with E-state index in [1.54, 1.807) is 0 Å². The molecule has 1 heterocycles. The highest BCUT2D eigenvalue weighted by molar-refractivity contribution is 5.35. The van der Waals surface area contributed by atoms with Gasteiger partial charge < -0.3 is 10.4 Å². The number of halogens is 1. The number of hydrogen-bond acceptors (Lipinski definition) is 4. The summed E-state index contributed by atoms with van der Waals surface area (Å²) in [6.07, 6.45) is 1.86. The van der Waals surface area contributed by atoms with Crippen molar-refractivity contribution in [1.82, 2.24) is 9.97 Å². The van der Waals surface area contributed by atoms with Crippen molar-refractivity contribution in [2.24, 2.45) is 0 Å². The van der Waals surface area contributed by atoms with Crippen molar-refractivity contribution < 1.29 is 9.50 Å². The lowest BCUT2D eigenvalue weighted by Gasteiger charge is -2.27. The molecule has 0 saturated heterocycles. The Labute approximate surface area is 82.2 Å². The molecule has 0 aliphatic rings. The Hall–Kier alpha value is -1.23. The SMILES string of the molecule is CCC(C)(CO)Nc1cc(F)ncn1. The van der Waals surface area contributed by atoms with Gasteiger partial charge in [0.1, 0.15) is 12.1 Å². The van der Waals surface area contributed by atoms with Gasteiger partial charge in [-0.3, -0.25) is 0 Å². The van der Waals surface area contributed by atoms with Gasteiger partial charge in [0.2, 0.25) is 5.95 Å². The highest BCUT2D eigenvalue weighted by atomic mass is 19.1. The molecule has 1 rings (SSSR count). The normalized spacial score (nSPS) is 14.9. The number of aliphatic hydroxyl groups excluding tert-OH is 1. The second kappa shape index (κ2) is 4.32. The number of aliphatic hydroxyl groups is 1. The van der Waals surface area contributed by atoms with Crippen LogP contribution in [-0.4, -0.2) is 27.2 Å². The van der Waals surface area contributed by atoms with Crippen molar-refractivity contribution in [3.8, 4) is 0 Å². The van der Waals surface area contributed by atoms with Crippen LogP contribution < -0.4 is 5.32 Å².